The summed E-state index contributed by atoms with van der Waals surface area (Å²) in [5.41, 5.74) is 0. The van der Waals surface area contributed by atoms with E-state index in [-0.39, 0.29) is 0 Å². The van der Waals surface area contributed by atoms with E-state index in [1.807, 2.05) is 6.92 Å². The van der Waals surface area contributed by atoms with E-state index >= 15 is 0 Å². The van der Waals surface area contributed by atoms with Gasteiger partial charge >= 0.3 is 0 Å². The average molecular weight is 200 g/mol. The molecule has 0 nitrogen and oxygen atoms in total. The van der Waals surface area contributed by atoms with Gasteiger partial charge in [-0.15, -0.1) is 37.9 Å². The number of unbranched alkanes of at least 4 members (excludes halogenated alkanes) is 1. The molecule has 0 aromatic heterocycles. The zero-order chi connectivity index (χ0) is 8.20. The minimum absolute atomic E-state index is 0.493. The van der Waals surface area contributed by atoms with Gasteiger partial charge in [-0.1, -0.05) is 19.8 Å². The van der Waals surface area contributed by atoms with Crippen LogP contribution in [0.2, 0.25) is 0 Å². The highest BCUT2D eigenvalue weighted by atomic mass is 32.2. The number of hydrogen-bond donors (Lipinski definition) is 3. The van der Waals surface area contributed by atoms with Gasteiger partial charge in [0, 0.05) is 0 Å². The Hall–Kier alpha value is 0.980. The van der Waals surface area contributed by atoms with Gasteiger partial charge in [0.1, 0.15) is 9.58 Å². The fraction of sp³-hybridized carbons (Fsp3) is 1.00. The van der Waals surface area contributed by atoms with Crippen LogP contribution in [0, 0.1) is 0 Å². The first kappa shape index (κ1) is 11.0. The largest absolute Gasteiger partial charge is 0.244 e. The van der Waals surface area contributed by atoms with Crippen LogP contribution in [0.4, 0.5) is 4.39 Å². The second kappa shape index (κ2) is 4.78. The van der Waals surface area contributed by atoms with Gasteiger partial charge in [0.05, 0.1) is 0 Å². The molecular formula is C6H13FS3. The van der Waals surface area contributed by atoms with Gasteiger partial charge < -0.3 is 0 Å². The summed E-state index contributed by atoms with van der Waals surface area (Å²) in [5, 5.41) is 0. The predicted octanol–water partition coefficient (Wildman–Crippen LogP) is 2.96. The molecule has 0 aliphatic carbocycles. The first-order valence-corrected chi connectivity index (χ1v) is 4.63. The van der Waals surface area contributed by atoms with Gasteiger partial charge in [-0.3, -0.25) is 0 Å². The molecule has 0 aliphatic rings. The molecule has 0 bridgehead atoms. The van der Waals surface area contributed by atoms with Crippen LogP contribution < -0.4 is 0 Å². The van der Waals surface area contributed by atoms with Crippen molar-refractivity contribution in [3.63, 3.8) is 0 Å². The molecular weight excluding hydrogens is 187 g/mol. The average Bonchev–Trinajstić information content (AvgIpc) is 1.80. The highest BCUT2D eigenvalue weighted by molar-refractivity contribution is 8.17. The SMILES string of the molecule is CCCCC(F)C(S)(S)S. The molecule has 0 radical (unpaired) electrons. The van der Waals surface area contributed by atoms with E-state index in [1.165, 1.54) is 0 Å². The summed E-state index contributed by atoms with van der Waals surface area (Å²) in [6.07, 6.45) is 1.31. The normalized spacial score (nSPS) is 15.3. The monoisotopic (exact) mass is 200 g/mol. The molecule has 0 rings (SSSR count). The van der Waals surface area contributed by atoms with Crippen LogP contribution >= 0.6 is 37.9 Å². The van der Waals surface area contributed by atoms with Crippen LogP contribution in [0.3, 0.4) is 0 Å². The summed E-state index contributed by atoms with van der Waals surface area (Å²) in [6.45, 7) is 2.02. The van der Waals surface area contributed by atoms with Crippen molar-refractivity contribution in [1.29, 1.82) is 0 Å². The maximum absolute atomic E-state index is 12.9. The van der Waals surface area contributed by atoms with Crippen molar-refractivity contribution in [1.82, 2.24) is 0 Å². The third kappa shape index (κ3) is 4.74. The summed E-state index contributed by atoms with van der Waals surface area (Å²) >= 11 is 11.6. The molecule has 0 spiro atoms. The van der Waals surface area contributed by atoms with Crippen molar-refractivity contribution in [2.24, 2.45) is 0 Å². The van der Waals surface area contributed by atoms with Crippen LogP contribution in [-0.4, -0.2) is 9.58 Å². The zero-order valence-electron chi connectivity index (χ0n) is 5.92. The number of hydrogen-bond acceptors (Lipinski definition) is 3. The third-order valence-electron chi connectivity index (χ3n) is 1.23. The lowest BCUT2D eigenvalue weighted by atomic mass is 10.2. The molecule has 0 aromatic carbocycles. The van der Waals surface area contributed by atoms with Crippen LogP contribution in [-0.2, 0) is 0 Å². The van der Waals surface area contributed by atoms with Gasteiger partial charge in [-0.2, -0.15) is 0 Å². The van der Waals surface area contributed by atoms with Crippen molar-refractivity contribution in [2.75, 3.05) is 0 Å². The van der Waals surface area contributed by atoms with Crippen LogP contribution in [0.1, 0.15) is 26.2 Å². The van der Waals surface area contributed by atoms with Crippen molar-refractivity contribution >= 4 is 37.9 Å². The fourth-order valence-corrected chi connectivity index (χ4v) is 0.964. The molecule has 0 saturated heterocycles. The molecule has 0 heterocycles. The van der Waals surface area contributed by atoms with Crippen LogP contribution in [0.15, 0.2) is 0 Å². The Morgan fingerprint density at radius 2 is 1.90 bits per heavy atom. The molecule has 0 aromatic rings. The standard InChI is InChI=1S/C6H13FS3/c1-2-3-4-5(7)6(8,9)10/h5,8-10H,2-4H2,1H3. The number of thiol groups is 3. The number of rotatable bonds is 4. The first-order chi connectivity index (χ1) is 4.48. The Morgan fingerprint density at radius 3 is 2.20 bits per heavy atom. The lowest BCUT2D eigenvalue weighted by Crippen LogP contribution is -2.20. The van der Waals surface area contributed by atoms with Crippen LogP contribution in [0.25, 0.3) is 0 Å². The lowest BCUT2D eigenvalue weighted by Gasteiger charge is -2.19. The van der Waals surface area contributed by atoms with E-state index in [1.54, 1.807) is 0 Å². The minimum atomic E-state index is -1.07. The smallest absolute Gasteiger partial charge is 0.132 e. The molecule has 1 atom stereocenters. The summed E-state index contributed by atoms with van der Waals surface area (Å²) in [7, 11) is 0. The Balaban J connectivity index is 3.52. The predicted molar refractivity (Wildman–Crippen MR) is 54.1 cm³/mol. The topological polar surface area (TPSA) is 0 Å². The van der Waals surface area contributed by atoms with E-state index in [9.17, 15) is 4.39 Å². The second-order valence-electron chi connectivity index (χ2n) is 2.30. The van der Waals surface area contributed by atoms with Gasteiger partial charge in [-0.25, -0.2) is 4.39 Å². The molecule has 0 N–H and O–H groups in total. The van der Waals surface area contributed by atoms with Crippen LogP contribution in [0.5, 0.6) is 0 Å². The Kier molecular flexibility index (Phi) is 5.24. The van der Waals surface area contributed by atoms with Gasteiger partial charge in [0.15, 0.2) is 0 Å². The zero-order valence-corrected chi connectivity index (χ0v) is 8.60. The highest BCUT2D eigenvalue weighted by Gasteiger charge is 2.26. The summed E-state index contributed by atoms with van der Waals surface area (Å²) < 4.78 is 11.8. The summed E-state index contributed by atoms with van der Waals surface area (Å²) in [5.74, 6) is 0. The van der Waals surface area contributed by atoms with E-state index in [4.69, 9.17) is 0 Å². The lowest BCUT2D eigenvalue weighted by molar-refractivity contribution is 0.321. The highest BCUT2D eigenvalue weighted by Crippen LogP contribution is 2.33. The van der Waals surface area contributed by atoms with E-state index < -0.39 is 9.58 Å². The van der Waals surface area contributed by atoms with Gasteiger partial charge in [-0.05, 0) is 6.42 Å². The van der Waals surface area contributed by atoms with Crippen molar-refractivity contribution in [2.45, 2.75) is 35.8 Å². The Morgan fingerprint density at radius 1 is 1.40 bits per heavy atom. The molecule has 0 amide bonds. The Bertz CT molecular complexity index is 89.5. The molecule has 0 fully saturated rings. The van der Waals surface area contributed by atoms with Crippen molar-refractivity contribution in [3.05, 3.63) is 0 Å². The van der Waals surface area contributed by atoms with Gasteiger partial charge in [0.25, 0.3) is 0 Å². The molecule has 62 valence electrons. The van der Waals surface area contributed by atoms with Crippen molar-refractivity contribution < 1.29 is 4.39 Å². The number of halogens is 1. The Labute approximate surface area is 78.2 Å². The van der Waals surface area contributed by atoms with E-state index in [0.29, 0.717) is 6.42 Å². The first-order valence-electron chi connectivity index (χ1n) is 3.29. The quantitative estimate of drug-likeness (QED) is 0.451. The summed E-state index contributed by atoms with van der Waals surface area (Å²) in [4.78, 5) is 0. The third-order valence-corrected chi connectivity index (χ3v) is 2.07. The molecule has 10 heavy (non-hydrogen) atoms. The molecule has 0 saturated carbocycles. The molecule has 1 unspecified atom stereocenters. The molecule has 0 aliphatic heterocycles. The van der Waals surface area contributed by atoms with E-state index in [0.717, 1.165) is 12.8 Å². The maximum atomic E-state index is 12.9. The second-order valence-corrected chi connectivity index (χ2v) is 5.47. The minimum Gasteiger partial charge on any atom is -0.244 e. The maximum Gasteiger partial charge on any atom is 0.132 e. The fourth-order valence-electron chi connectivity index (χ4n) is 0.577. The number of alkyl halides is 1. The summed E-state index contributed by atoms with van der Waals surface area (Å²) in [6, 6.07) is 0. The molecule has 4 heteroatoms. The van der Waals surface area contributed by atoms with E-state index in [2.05, 4.69) is 37.9 Å². The van der Waals surface area contributed by atoms with Crippen molar-refractivity contribution in [3.8, 4) is 0 Å². The van der Waals surface area contributed by atoms with Gasteiger partial charge in [0.2, 0.25) is 0 Å².